The molecule has 0 radical (unpaired) electrons. The van der Waals surface area contributed by atoms with E-state index < -0.39 is 5.97 Å². The van der Waals surface area contributed by atoms with Crippen molar-refractivity contribution in [2.24, 2.45) is 46.3 Å². The maximum absolute atomic E-state index is 11.0. The van der Waals surface area contributed by atoms with Crippen LogP contribution < -0.4 is 0 Å². The van der Waals surface area contributed by atoms with Gasteiger partial charge in [0.05, 0.1) is 6.10 Å². The Balaban J connectivity index is 1.51. The Hall–Kier alpha value is -0.570. The number of aliphatic carboxylic acids is 1. The predicted molar refractivity (Wildman–Crippen MR) is 107 cm³/mol. The molecule has 0 bridgehead atoms. The maximum atomic E-state index is 11.0. The standard InChI is InChI=1S/C24H40O3/c1-15(4-9-22(26)27)19-7-8-20-18-6-5-16-14-17(25)10-12-23(16,2)21(18)11-13-24(19,20)3/h15-21,25H,4-14H2,1-3H3,(H,26,27)/t15-,16+,17-,18-,19-,20+,21+,23+,24-/m1/s1. The minimum Gasteiger partial charge on any atom is -0.481 e. The fourth-order valence-corrected chi connectivity index (χ4v) is 8.76. The number of aliphatic hydroxyl groups excluding tert-OH is 1. The summed E-state index contributed by atoms with van der Waals surface area (Å²) in [5.74, 6) is 3.91. The second kappa shape index (κ2) is 7.04. The Morgan fingerprint density at radius 1 is 1.00 bits per heavy atom. The molecule has 0 aliphatic heterocycles. The molecule has 0 aromatic carbocycles. The van der Waals surface area contributed by atoms with Crippen LogP contribution in [0.2, 0.25) is 0 Å². The quantitative estimate of drug-likeness (QED) is 0.680. The summed E-state index contributed by atoms with van der Waals surface area (Å²) in [6, 6.07) is 0. The number of hydrogen-bond acceptors (Lipinski definition) is 2. The van der Waals surface area contributed by atoms with Crippen molar-refractivity contribution in [3.8, 4) is 0 Å². The molecule has 3 heteroatoms. The van der Waals surface area contributed by atoms with Gasteiger partial charge in [0.2, 0.25) is 0 Å². The highest BCUT2D eigenvalue weighted by Gasteiger charge is 2.60. The van der Waals surface area contributed by atoms with E-state index in [1.165, 1.54) is 44.9 Å². The number of carboxylic acid groups (broad SMARTS) is 1. The zero-order valence-corrected chi connectivity index (χ0v) is 17.6. The van der Waals surface area contributed by atoms with Crippen molar-refractivity contribution in [3.05, 3.63) is 0 Å². The van der Waals surface area contributed by atoms with E-state index in [9.17, 15) is 9.90 Å². The van der Waals surface area contributed by atoms with Gasteiger partial charge in [-0.15, -0.1) is 0 Å². The number of hydrogen-bond donors (Lipinski definition) is 2. The number of carboxylic acids is 1. The Kier molecular flexibility index (Phi) is 5.15. The number of carbonyl (C=O) groups is 1. The molecular formula is C24H40O3. The smallest absolute Gasteiger partial charge is 0.303 e. The van der Waals surface area contributed by atoms with E-state index in [2.05, 4.69) is 20.8 Å². The molecule has 4 aliphatic rings. The fraction of sp³-hybridized carbons (Fsp3) is 0.958. The van der Waals surface area contributed by atoms with E-state index in [-0.39, 0.29) is 6.10 Å². The van der Waals surface area contributed by atoms with Gasteiger partial charge in [-0.05, 0) is 111 Å². The monoisotopic (exact) mass is 376 g/mol. The van der Waals surface area contributed by atoms with Crippen molar-refractivity contribution < 1.29 is 15.0 Å². The molecule has 27 heavy (non-hydrogen) atoms. The van der Waals surface area contributed by atoms with Crippen molar-refractivity contribution in [3.63, 3.8) is 0 Å². The molecule has 0 saturated heterocycles. The van der Waals surface area contributed by atoms with Gasteiger partial charge in [0.1, 0.15) is 0 Å². The Labute approximate surface area is 165 Å². The summed E-state index contributed by atoms with van der Waals surface area (Å²) < 4.78 is 0. The van der Waals surface area contributed by atoms with Crippen molar-refractivity contribution in [2.45, 2.75) is 97.5 Å². The molecule has 4 aliphatic carbocycles. The van der Waals surface area contributed by atoms with Gasteiger partial charge in [-0.3, -0.25) is 4.79 Å². The van der Waals surface area contributed by atoms with Crippen LogP contribution in [0.1, 0.15) is 91.4 Å². The lowest BCUT2D eigenvalue weighted by Crippen LogP contribution is -2.54. The summed E-state index contributed by atoms with van der Waals surface area (Å²) in [4.78, 5) is 11.0. The molecule has 4 saturated carbocycles. The lowest BCUT2D eigenvalue weighted by atomic mass is 9.44. The Morgan fingerprint density at radius 2 is 1.70 bits per heavy atom. The van der Waals surface area contributed by atoms with E-state index in [1.54, 1.807) is 0 Å². The van der Waals surface area contributed by atoms with Crippen molar-refractivity contribution in [1.29, 1.82) is 0 Å². The SMILES string of the molecule is C[C@H](CCC(=O)O)[C@H]1CC[C@H]2[C@H]3CC[C@H]4C[C@H](O)CC[C@]4(C)[C@H]3CC[C@]12C. The topological polar surface area (TPSA) is 57.5 Å². The van der Waals surface area contributed by atoms with Crippen LogP contribution in [0.15, 0.2) is 0 Å². The minimum absolute atomic E-state index is 0.0561. The Bertz CT molecular complexity index is 574. The highest BCUT2D eigenvalue weighted by atomic mass is 16.4. The van der Waals surface area contributed by atoms with Gasteiger partial charge in [-0.25, -0.2) is 0 Å². The lowest BCUT2D eigenvalue weighted by molar-refractivity contribution is -0.138. The molecule has 4 rings (SSSR count). The molecule has 2 N–H and O–H groups in total. The second-order valence-corrected chi connectivity index (χ2v) is 11.2. The van der Waals surface area contributed by atoms with Gasteiger partial charge in [-0.1, -0.05) is 20.8 Å². The summed E-state index contributed by atoms with van der Waals surface area (Å²) in [5, 5.41) is 19.3. The van der Waals surface area contributed by atoms with Gasteiger partial charge < -0.3 is 10.2 Å². The van der Waals surface area contributed by atoms with Crippen molar-refractivity contribution >= 4 is 5.97 Å². The highest BCUT2D eigenvalue weighted by molar-refractivity contribution is 5.66. The summed E-state index contributed by atoms with van der Waals surface area (Å²) in [5.41, 5.74) is 0.882. The number of rotatable bonds is 4. The molecular weight excluding hydrogens is 336 g/mol. The summed E-state index contributed by atoms with van der Waals surface area (Å²) >= 11 is 0. The average Bonchev–Trinajstić information content (AvgIpc) is 2.97. The van der Waals surface area contributed by atoms with Crippen molar-refractivity contribution in [1.82, 2.24) is 0 Å². The van der Waals surface area contributed by atoms with Gasteiger partial charge in [0, 0.05) is 6.42 Å². The summed E-state index contributed by atoms with van der Waals surface area (Å²) in [7, 11) is 0. The van der Waals surface area contributed by atoms with Gasteiger partial charge in [0.25, 0.3) is 0 Å². The molecule has 154 valence electrons. The second-order valence-electron chi connectivity index (χ2n) is 11.2. The van der Waals surface area contributed by atoms with Crippen LogP contribution in [-0.2, 0) is 4.79 Å². The van der Waals surface area contributed by atoms with E-state index in [4.69, 9.17) is 5.11 Å². The Morgan fingerprint density at radius 3 is 2.44 bits per heavy atom. The molecule has 0 spiro atoms. The first-order chi connectivity index (χ1) is 12.8. The molecule has 9 atom stereocenters. The first kappa shape index (κ1) is 19.7. The van der Waals surface area contributed by atoms with E-state index >= 15 is 0 Å². The highest BCUT2D eigenvalue weighted by Crippen LogP contribution is 2.68. The number of fused-ring (bicyclic) bond motifs is 5. The summed E-state index contributed by atoms with van der Waals surface area (Å²) in [6.45, 7) is 7.43. The molecule has 4 fully saturated rings. The zero-order valence-electron chi connectivity index (χ0n) is 17.6. The third-order valence-electron chi connectivity index (χ3n) is 10.2. The largest absolute Gasteiger partial charge is 0.481 e. The molecule has 0 aromatic rings. The molecule has 3 nitrogen and oxygen atoms in total. The van der Waals surface area contributed by atoms with Crippen molar-refractivity contribution in [2.75, 3.05) is 0 Å². The fourth-order valence-electron chi connectivity index (χ4n) is 8.76. The first-order valence-corrected chi connectivity index (χ1v) is 11.7. The van der Waals surface area contributed by atoms with Gasteiger partial charge in [-0.2, -0.15) is 0 Å². The van der Waals surface area contributed by atoms with Crippen LogP contribution in [0, 0.1) is 46.3 Å². The molecule has 0 unspecified atom stereocenters. The van der Waals surface area contributed by atoms with E-state index in [0.29, 0.717) is 29.1 Å². The summed E-state index contributed by atoms with van der Waals surface area (Å²) in [6.07, 6.45) is 12.4. The molecule has 0 aromatic heterocycles. The normalized spacial score (nSPS) is 50.4. The maximum Gasteiger partial charge on any atom is 0.303 e. The first-order valence-electron chi connectivity index (χ1n) is 11.7. The molecule has 0 heterocycles. The van der Waals surface area contributed by atoms with E-state index in [0.717, 1.165) is 42.9 Å². The lowest BCUT2D eigenvalue weighted by Gasteiger charge is -2.61. The van der Waals surface area contributed by atoms with Gasteiger partial charge >= 0.3 is 5.97 Å². The predicted octanol–water partition coefficient (Wildman–Crippen LogP) is 5.51. The van der Waals surface area contributed by atoms with Crippen LogP contribution in [0.25, 0.3) is 0 Å². The van der Waals surface area contributed by atoms with Gasteiger partial charge in [0.15, 0.2) is 0 Å². The third-order valence-corrected chi connectivity index (χ3v) is 10.2. The van der Waals surface area contributed by atoms with Crippen LogP contribution in [0.3, 0.4) is 0 Å². The van der Waals surface area contributed by atoms with Crippen LogP contribution >= 0.6 is 0 Å². The van der Waals surface area contributed by atoms with Crippen LogP contribution in [-0.4, -0.2) is 22.3 Å². The third kappa shape index (κ3) is 3.16. The minimum atomic E-state index is -0.643. The molecule has 0 amide bonds. The van der Waals surface area contributed by atoms with E-state index in [1.807, 2.05) is 0 Å². The average molecular weight is 377 g/mol. The zero-order chi connectivity index (χ0) is 19.4. The number of aliphatic hydroxyl groups is 1. The van der Waals surface area contributed by atoms with Crippen LogP contribution in [0.4, 0.5) is 0 Å². The van der Waals surface area contributed by atoms with Crippen LogP contribution in [0.5, 0.6) is 0 Å².